The second-order valence-electron chi connectivity index (χ2n) is 4.94. The summed E-state index contributed by atoms with van der Waals surface area (Å²) in [5, 5.41) is 6.38. The molecule has 0 atom stereocenters. The van der Waals surface area contributed by atoms with Crippen molar-refractivity contribution in [2.75, 3.05) is 40.3 Å². The van der Waals surface area contributed by atoms with Crippen LogP contribution in [0.5, 0.6) is 0 Å². The average Bonchev–Trinajstić information content (AvgIpc) is 2.29. The van der Waals surface area contributed by atoms with Crippen LogP contribution in [0.3, 0.4) is 0 Å². The van der Waals surface area contributed by atoms with Crippen LogP contribution >= 0.6 is 0 Å². The van der Waals surface area contributed by atoms with Gasteiger partial charge in [-0.05, 0) is 46.4 Å². The lowest BCUT2D eigenvalue weighted by Gasteiger charge is -2.35. The van der Waals surface area contributed by atoms with Gasteiger partial charge >= 0.3 is 0 Å². The largest absolute Gasteiger partial charge is 0.354 e. The van der Waals surface area contributed by atoms with Gasteiger partial charge in [-0.1, -0.05) is 6.92 Å². The Morgan fingerprint density at radius 2 is 2.00 bits per heavy atom. The van der Waals surface area contributed by atoms with E-state index in [-0.39, 0.29) is 11.3 Å². The Balaban J connectivity index is 2.42. The van der Waals surface area contributed by atoms with Gasteiger partial charge in [-0.2, -0.15) is 0 Å². The fourth-order valence-corrected chi connectivity index (χ4v) is 2.23. The molecule has 16 heavy (non-hydrogen) atoms. The number of nitrogens with one attached hydrogen (secondary N) is 2. The van der Waals surface area contributed by atoms with E-state index in [9.17, 15) is 4.79 Å². The van der Waals surface area contributed by atoms with Gasteiger partial charge in [-0.25, -0.2) is 0 Å². The van der Waals surface area contributed by atoms with Crippen molar-refractivity contribution in [2.45, 2.75) is 26.2 Å². The number of carbonyl (C=O) groups excluding carboxylic acids is 1. The van der Waals surface area contributed by atoms with Crippen LogP contribution in [0.25, 0.3) is 0 Å². The molecule has 1 aliphatic heterocycles. The van der Waals surface area contributed by atoms with Crippen LogP contribution in [0.15, 0.2) is 0 Å². The number of hydrogen-bond donors (Lipinski definition) is 2. The highest BCUT2D eigenvalue weighted by Gasteiger charge is 2.37. The Labute approximate surface area is 98.8 Å². The molecule has 0 aliphatic carbocycles. The highest BCUT2D eigenvalue weighted by atomic mass is 16.2. The summed E-state index contributed by atoms with van der Waals surface area (Å²) in [6.45, 7) is 5.71. The number of rotatable bonds is 5. The Kier molecular flexibility index (Phi) is 5.22. The predicted molar refractivity (Wildman–Crippen MR) is 66.4 cm³/mol. The Hall–Kier alpha value is -0.610. The van der Waals surface area contributed by atoms with Gasteiger partial charge in [0.2, 0.25) is 5.91 Å². The normalized spacial score (nSPS) is 19.8. The van der Waals surface area contributed by atoms with Crippen molar-refractivity contribution in [1.29, 1.82) is 0 Å². The first-order valence-corrected chi connectivity index (χ1v) is 6.24. The predicted octanol–water partition coefficient (Wildman–Crippen LogP) is 0.444. The maximum Gasteiger partial charge on any atom is 0.226 e. The zero-order valence-corrected chi connectivity index (χ0v) is 10.8. The summed E-state index contributed by atoms with van der Waals surface area (Å²) in [6.07, 6.45) is 2.89. The monoisotopic (exact) mass is 227 g/mol. The third-order valence-corrected chi connectivity index (χ3v) is 3.56. The average molecular weight is 227 g/mol. The summed E-state index contributed by atoms with van der Waals surface area (Å²) in [6, 6.07) is 0. The summed E-state index contributed by atoms with van der Waals surface area (Å²) in [4.78, 5) is 14.3. The standard InChI is InChI=1S/C12H25N3O/c1-4-12(5-7-13-8-6-12)11(16)14-9-10-15(2)3/h13H,4-10H2,1-3H3,(H,14,16). The quantitative estimate of drug-likeness (QED) is 0.716. The third-order valence-electron chi connectivity index (χ3n) is 3.56. The minimum atomic E-state index is -0.114. The first-order chi connectivity index (χ1) is 7.60. The molecule has 0 spiro atoms. The van der Waals surface area contributed by atoms with E-state index in [1.165, 1.54) is 0 Å². The van der Waals surface area contributed by atoms with Crippen LogP contribution < -0.4 is 10.6 Å². The summed E-state index contributed by atoms with van der Waals surface area (Å²) < 4.78 is 0. The minimum Gasteiger partial charge on any atom is -0.354 e. The van der Waals surface area contributed by atoms with Crippen molar-refractivity contribution in [2.24, 2.45) is 5.41 Å². The topological polar surface area (TPSA) is 44.4 Å². The van der Waals surface area contributed by atoms with Crippen LogP contribution in [0.4, 0.5) is 0 Å². The molecular weight excluding hydrogens is 202 g/mol. The molecule has 1 heterocycles. The lowest BCUT2D eigenvalue weighted by atomic mass is 9.76. The van der Waals surface area contributed by atoms with Crippen molar-refractivity contribution < 1.29 is 4.79 Å². The Morgan fingerprint density at radius 1 is 1.38 bits per heavy atom. The van der Waals surface area contributed by atoms with Gasteiger partial charge in [0.25, 0.3) is 0 Å². The SMILES string of the molecule is CCC1(C(=O)NCCN(C)C)CCNCC1. The molecule has 0 saturated carbocycles. The zero-order chi connectivity index (χ0) is 12.0. The molecule has 4 heteroatoms. The summed E-state index contributed by atoms with van der Waals surface area (Å²) in [5.41, 5.74) is -0.114. The lowest BCUT2D eigenvalue weighted by Crippen LogP contribution is -2.48. The first kappa shape index (κ1) is 13.5. The minimum absolute atomic E-state index is 0.114. The maximum absolute atomic E-state index is 12.2. The van der Waals surface area contributed by atoms with E-state index in [2.05, 4.69) is 22.5 Å². The summed E-state index contributed by atoms with van der Waals surface area (Å²) >= 11 is 0. The molecule has 94 valence electrons. The van der Waals surface area contributed by atoms with Crippen molar-refractivity contribution >= 4 is 5.91 Å². The molecule has 1 aliphatic rings. The molecular formula is C12H25N3O. The molecule has 0 unspecified atom stereocenters. The van der Waals surface area contributed by atoms with Crippen molar-refractivity contribution in [3.8, 4) is 0 Å². The van der Waals surface area contributed by atoms with Gasteiger partial charge in [-0.3, -0.25) is 4.79 Å². The van der Waals surface area contributed by atoms with Gasteiger partial charge in [0.1, 0.15) is 0 Å². The summed E-state index contributed by atoms with van der Waals surface area (Å²) in [5.74, 6) is 0.248. The molecule has 2 N–H and O–H groups in total. The third kappa shape index (κ3) is 3.46. The second-order valence-corrected chi connectivity index (χ2v) is 4.94. The Morgan fingerprint density at radius 3 is 2.50 bits per heavy atom. The Bertz CT molecular complexity index is 222. The van der Waals surface area contributed by atoms with Crippen LogP contribution in [0.1, 0.15) is 26.2 Å². The molecule has 1 saturated heterocycles. The fourth-order valence-electron chi connectivity index (χ4n) is 2.23. The molecule has 0 aromatic rings. The van der Waals surface area contributed by atoms with Crippen LogP contribution in [0.2, 0.25) is 0 Å². The van der Waals surface area contributed by atoms with E-state index in [1.54, 1.807) is 0 Å². The molecule has 1 fully saturated rings. The van der Waals surface area contributed by atoms with Crippen LogP contribution in [-0.2, 0) is 4.79 Å². The van der Waals surface area contributed by atoms with Gasteiger partial charge in [-0.15, -0.1) is 0 Å². The van der Waals surface area contributed by atoms with E-state index >= 15 is 0 Å². The van der Waals surface area contributed by atoms with E-state index in [1.807, 2.05) is 14.1 Å². The van der Waals surface area contributed by atoms with Crippen molar-refractivity contribution in [3.05, 3.63) is 0 Å². The van der Waals surface area contributed by atoms with Gasteiger partial charge < -0.3 is 15.5 Å². The second kappa shape index (κ2) is 6.21. The molecule has 0 aromatic heterocycles. The molecule has 0 aromatic carbocycles. The maximum atomic E-state index is 12.2. The van der Waals surface area contributed by atoms with Crippen LogP contribution in [-0.4, -0.2) is 51.1 Å². The number of likely N-dealkylation sites (N-methyl/N-ethyl adjacent to an activating group) is 1. The molecule has 0 bridgehead atoms. The summed E-state index contributed by atoms with van der Waals surface area (Å²) in [7, 11) is 4.04. The smallest absolute Gasteiger partial charge is 0.226 e. The molecule has 4 nitrogen and oxygen atoms in total. The first-order valence-electron chi connectivity index (χ1n) is 6.24. The fraction of sp³-hybridized carbons (Fsp3) is 0.917. The van der Waals surface area contributed by atoms with Crippen molar-refractivity contribution in [1.82, 2.24) is 15.5 Å². The molecule has 1 rings (SSSR count). The van der Waals surface area contributed by atoms with E-state index < -0.39 is 0 Å². The molecule has 0 radical (unpaired) electrons. The number of piperidine rings is 1. The van der Waals surface area contributed by atoms with Crippen molar-refractivity contribution in [3.63, 3.8) is 0 Å². The van der Waals surface area contributed by atoms with Gasteiger partial charge in [0, 0.05) is 13.1 Å². The van der Waals surface area contributed by atoms with Crippen LogP contribution in [0, 0.1) is 5.41 Å². The zero-order valence-electron chi connectivity index (χ0n) is 10.8. The van der Waals surface area contributed by atoms with E-state index in [0.29, 0.717) is 0 Å². The number of carbonyl (C=O) groups is 1. The van der Waals surface area contributed by atoms with Gasteiger partial charge in [0.05, 0.1) is 5.41 Å². The number of hydrogen-bond acceptors (Lipinski definition) is 3. The number of nitrogens with zero attached hydrogens (tertiary/aromatic N) is 1. The highest BCUT2D eigenvalue weighted by Crippen LogP contribution is 2.32. The number of amides is 1. The van der Waals surface area contributed by atoms with E-state index in [0.717, 1.165) is 45.4 Å². The lowest BCUT2D eigenvalue weighted by molar-refractivity contribution is -0.132. The highest BCUT2D eigenvalue weighted by molar-refractivity contribution is 5.82. The molecule has 1 amide bonds. The van der Waals surface area contributed by atoms with Gasteiger partial charge in [0.15, 0.2) is 0 Å². The van der Waals surface area contributed by atoms with E-state index in [4.69, 9.17) is 0 Å².